The predicted octanol–water partition coefficient (Wildman–Crippen LogP) is 2.02. The lowest BCUT2D eigenvalue weighted by atomic mass is 10.1. The van der Waals surface area contributed by atoms with Gasteiger partial charge in [0, 0.05) is 13.6 Å². The molecule has 1 aromatic heterocycles. The minimum absolute atomic E-state index is 0.115. The van der Waals surface area contributed by atoms with Crippen LogP contribution in [0.4, 0.5) is 0 Å². The van der Waals surface area contributed by atoms with Crippen molar-refractivity contribution in [3.8, 4) is 5.75 Å². The van der Waals surface area contributed by atoms with Gasteiger partial charge in [0.2, 0.25) is 10.0 Å². The maximum Gasteiger partial charge on any atom is 0.355 e. The number of nitrogens with zero attached hydrogens (tertiary/aromatic N) is 2. The number of carboxylic acids is 1. The molecular formula is C18H19N3O5S. The largest absolute Gasteiger partial charge is 0.494 e. The summed E-state index contributed by atoms with van der Waals surface area (Å²) in [6.45, 7) is 0.434. The van der Waals surface area contributed by atoms with Crippen molar-refractivity contribution in [3.05, 3.63) is 54.4 Å². The SMILES string of the molecule is Cn1ncc(S(=O)(=O)NCCCOc2ccc3ccccc3c2)c1C(=O)O. The van der Waals surface area contributed by atoms with Crippen LogP contribution in [0.25, 0.3) is 10.8 Å². The van der Waals surface area contributed by atoms with E-state index in [1.807, 2.05) is 42.5 Å². The van der Waals surface area contributed by atoms with Gasteiger partial charge in [-0.3, -0.25) is 4.68 Å². The summed E-state index contributed by atoms with van der Waals surface area (Å²) in [5, 5.41) is 15.0. The Balaban J connectivity index is 1.54. The minimum atomic E-state index is -3.96. The maximum atomic E-state index is 12.3. The lowest BCUT2D eigenvalue weighted by Gasteiger charge is -2.09. The number of ether oxygens (including phenoxy) is 1. The molecule has 0 fully saturated rings. The molecule has 0 saturated carbocycles. The van der Waals surface area contributed by atoms with Crippen molar-refractivity contribution in [3.63, 3.8) is 0 Å². The first kappa shape index (κ1) is 18.9. The van der Waals surface area contributed by atoms with E-state index in [1.165, 1.54) is 7.05 Å². The van der Waals surface area contributed by atoms with E-state index in [0.717, 1.165) is 21.7 Å². The summed E-state index contributed by atoms with van der Waals surface area (Å²) >= 11 is 0. The number of hydrogen-bond acceptors (Lipinski definition) is 5. The Bertz CT molecular complexity index is 1080. The number of aryl methyl sites for hydroxylation is 1. The number of nitrogens with one attached hydrogen (secondary N) is 1. The van der Waals surface area contributed by atoms with Gasteiger partial charge >= 0.3 is 5.97 Å². The van der Waals surface area contributed by atoms with Gasteiger partial charge in [-0.15, -0.1) is 0 Å². The van der Waals surface area contributed by atoms with Crippen molar-refractivity contribution in [1.82, 2.24) is 14.5 Å². The molecule has 27 heavy (non-hydrogen) atoms. The molecule has 1 heterocycles. The van der Waals surface area contributed by atoms with E-state index in [0.29, 0.717) is 18.8 Å². The average Bonchev–Trinajstić information content (AvgIpc) is 3.04. The highest BCUT2D eigenvalue weighted by Crippen LogP contribution is 2.20. The third kappa shape index (κ3) is 4.26. The first-order chi connectivity index (χ1) is 12.9. The van der Waals surface area contributed by atoms with Crippen molar-refractivity contribution in [1.29, 1.82) is 0 Å². The summed E-state index contributed by atoms with van der Waals surface area (Å²) in [7, 11) is -2.58. The van der Waals surface area contributed by atoms with Crippen molar-refractivity contribution >= 4 is 26.8 Å². The molecule has 0 spiro atoms. The number of benzene rings is 2. The van der Waals surface area contributed by atoms with Crippen LogP contribution in [0.2, 0.25) is 0 Å². The van der Waals surface area contributed by atoms with E-state index in [1.54, 1.807) is 0 Å². The van der Waals surface area contributed by atoms with Gasteiger partial charge in [0.25, 0.3) is 0 Å². The van der Waals surface area contributed by atoms with Gasteiger partial charge in [-0.25, -0.2) is 17.9 Å². The van der Waals surface area contributed by atoms with Gasteiger partial charge in [0.1, 0.15) is 10.6 Å². The molecule has 0 radical (unpaired) electrons. The summed E-state index contributed by atoms with van der Waals surface area (Å²) in [5.74, 6) is -0.646. The number of sulfonamides is 1. The second kappa shape index (κ2) is 7.77. The third-order valence-electron chi connectivity index (χ3n) is 4.00. The molecule has 9 heteroatoms. The van der Waals surface area contributed by atoms with E-state index in [2.05, 4.69) is 9.82 Å². The van der Waals surface area contributed by atoms with Crippen LogP contribution < -0.4 is 9.46 Å². The first-order valence-corrected chi connectivity index (χ1v) is 9.73. The van der Waals surface area contributed by atoms with E-state index in [4.69, 9.17) is 9.84 Å². The molecule has 8 nitrogen and oxygen atoms in total. The number of carboxylic acid groups (broad SMARTS) is 1. The van der Waals surface area contributed by atoms with Crippen LogP contribution in [-0.4, -0.2) is 42.4 Å². The smallest absolute Gasteiger partial charge is 0.355 e. The van der Waals surface area contributed by atoms with Crippen molar-refractivity contribution in [2.45, 2.75) is 11.3 Å². The lowest BCUT2D eigenvalue weighted by Crippen LogP contribution is -2.27. The van der Waals surface area contributed by atoms with Crippen LogP contribution in [-0.2, 0) is 17.1 Å². The van der Waals surface area contributed by atoms with E-state index < -0.39 is 16.0 Å². The first-order valence-electron chi connectivity index (χ1n) is 8.25. The predicted molar refractivity (Wildman–Crippen MR) is 99.4 cm³/mol. The van der Waals surface area contributed by atoms with Gasteiger partial charge in [-0.2, -0.15) is 5.10 Å². The molecular weight excluding hydrogens is 370 g/mol. The van der Waals surface area contributed by atoms with Gasteiger partial charge < -0.3 is 9.84 Å². The van der Waals surface area contributed by atoms with Gasteiger partial charge in [0.05, 0.1) is 12.8 Å². The number of aromatic carboxylic acids is 1. The molecule has 2 aromatic carbocycles. The fraction of sp³-hybridized carbons (Fsp3) is 0.222. The van der Waals surface area contributed by atoms with Crippen molar-refractivity contribution in [2.24, 2.45) is 7.05 Å². The second-order valence-corrected chi connectivity index (χ2v) is 7.63. The Morgan fingerprint density at radius 3 is 2.70 bits per heavy atom. The normalized spacial score (nSPS) is 11.6. The fourth-order valence-electron chi connectivity index (χ4n) is 2.66. The summed E-state index contributed by atoms with van der Waals surface area (Å²) in [5.41, 5.74) is -0.380. The molecule has 2 N–H and O–H groups in total. The standard InChI is InChI=1S/C18H19N3O5S/c1-21-17(18(22)23)16(12-19-21)27(24,25)20-9-4-10-26-15-8-7-13-5-2-3-6-14(13)11-15/h2-3,5-8,11-12,20H,4,9-10H2,1H3,(H,22,23). The molecule has 0 atom stereocenters. The van der Waals surface area contributed by atoms with Crippen LogP contribution in [0.1, 0.15) is 16.9 Å². The third-order valence-corrected chi connectivity index (χ3v) is 5.46. The molecule has 0 amide bonds. The van der Waals surface area contributed by atoms with E-state index in [-0.39, 0.29) is 17.1 Å². The molecule has 0 aliphatic rings. The molecule has 3 rings (SSSR count). The van der Waals surface area contributed by atoms with Gasteiger partial charge in [0.15, 0.2) is 5.69 Å². The Morgan fingerprint density at radius 2 is 1.96 bits per heavy atom. The van der Waals surface area contributed by atoms with Crippen LogP contribution in [0.3, 0.4) is 0 Å². The van der Waals surface area contributed by atoms with Gasteiger partial charge in [-0.1, -0.05) is 30.3 Å². The van der Waals surface area contributed by atoms with Crippen molar-refractivity contribution < 1.29 is 23.1 Å². The van der Waals surface area contributed by atoms with Gasteiger partial charge in [-0.05, 0) is 29.3 Å². The number of aromatic nitrogens is 2. The summed E-state index contributed by atoms with van der Waals surface area (Å²) in [6, 6.07) is 13.7. The lowest BCUT2D eigenvalue weighted by molar-refractivity contribution is 0.0680. The quantitative estimate of drug-likeness (QED) is 0.570. The zero-order valence-corrected chi connectivity index (χ0v) is 15.4. The monoisotopic (exact) mass is 389 g/mol. The molecule has 0 aliphatic heterocycles. The Kier molecular flexibility index (Phi) is 5.43. The zero-order valence-electron chi connectivity index (χ0n) is 14.6. The molecule has 0 saturated heterocycles. The van der Waals surface area contributed by atoms with Crippen LogP contribution >= 0.6 is 0 Å². The Morgan fingerprint density at radius 1 is 1.22 bits per heavy atom. The second-order valence-electron chi connectivity index (χ2n) is 5.89. The number of fused-ring (bicyclic) bond motifs is 1. The summed E-state index contributed by atoms with van der Waals surface area (Å²) in [4.78, 5) is 10.8. The Labute approximate surface area is 156 Å². The number of hydrogen-bond donors (Lipinski definition) is 2. The maximum absolute atomic E-state index is 12.3. The Hall–Kier alpha value is -2.91. The molecule has 0 bridgehead atoms. The minimum Gasteiger partial charge on any atom is -0.494 e. The summed E-state index contributed by atoms with van der Waals surface area (Å²) < 4.78 is 33.6. The van der Waals surface area contributed by atoms with Crippen LogP contribution in [0.15, 0.2) is 53.6 Å². The number of carbonyl (C=O) groups is 1. The van der Waals surface area contributed by atoms with Crippen LogP contribution in [0, 0.1) is 0 Å². The van der Waals surface area contributed by atoms with Crippen LogP contribution in [0.5, 0.6) is 5.75 Å². The fourth-order valence-corrected chi connectivity index (χ4v) is 3.89. The van der Waals surface area contributed by atoms with E-state index in [9.17, 15) is 13.2 Å². The molecule has 0 unspecified atom stereocenters. The highest BCUT2D eigenvalue weighted by atomic mass is 32.2. The zero-order chi connectivity index (χ0) is 19.4. The summed E-state index contributed by atoms with van der Waals surface area (Å²) in [6.07, 6.45) is 1.45. The van der Waals surface area contributed by atoms with E-state index >= 15 is 0 Å². The molecule has 0 aliphatic carbocycles. The van der Waals surface area contributed by atoms with Crippen molar-refractivity contribution in [2.75, 3.05) is 13.2 Å². The number of rotatable bonds is 8. The highest BCUT2D eigenvalue weighted by molar-refractivity contribution is 7.89. The average molecular weight is 389 g/mol. The molecule has 142 valence electrons. The topological polar surface area (TPSA) is 111 Å². The highest BCUT2D eigenvalue weighted by Gasteiger charge is 2.26. The molecule has 3 aromatic rings.